The van der Waals surface area contributed by atoms with Crippen molar-refractivity contribution in [1.82, 2.24) is 15.1 Å². The van der Waals surface area contributed by atoms with Crippen molar-refractivity contribution in [3.63, 3.8) is 0 Å². The van der Waals surface area contributed by atoms with Gasteiger partial charge in [-0.3, -0.25) is 9.69 Å². The average Bonchev–Trinajstić information content (AvgIpc) is 3.15. The van der Waals surface area contributed by atoms with Crippen LogP contribution in [0.1, 0.15) is 17.0 Å². The Balaban J connectivity index is 1.85. The van der Waals surface area contributed by atoms with E-state index in [-0.39, 0.29) is 5.95 Å². The van der Waals surface area contributed by atoms with Crippen LogP contribution in [0.25, 0.3) is 10.9 Å². The van der Waals surface area contributed by atoms with E-state index in [2.05, 4.69) is 21.2 Å². The smallest absolute Gasteiger partial charge is 0.272 e. The lowest BCUT2D eigenvalue weighted by atomic mass is 10.1. The van der Waals surface area contributed by atoms with Crippen molar-refractivity contribution in [2.75, 3.05) is 18.5 Å². The number of amides is 1. The van der Waals surface area contributed by atoms with Gasteiger partial charge in [0.05, 0.1) is 6.42 Å². The van der Waals surface area contributed by atoms with Gasteiger partial charge in [0.25, 0.3) is 5.95 Å². The van der Waals surface area contributed by atoms with Gasteiger partial charge in [-0.1, -0.05) is 6.07 Å². The van der Waals surface area contributed by atoms with Crippen LogP contribution in [0.5, 0.6) is 0 Å². The number of nitrogens with one attached hydrogen (secondary N) is 1. The van der Waals surface area contributed by atoms with Gasteiger partial charge in [-0.25, -0.2) is 0 Å². The lowest BCUT2D eigenvalue weighted by Crippen LogP contribution is -2.15. The van der Waals surface area contributed by atoms with Crippen molar-refractivity contribution in [1.29, 1.82) is 0 Å². The van der Waals surface area contributed by atoms with E-state index in [9.17, 15) is 4.79 Å². The van der Waals surface area contributed by atoms with Crippen molar-refractivity contribution < 1.29 is 9.32 Å². The molecule has 0 aliphatic heterocycles. The van der Waals surface area contributed by atoms with Gasteiger partial charge in [-0.05, 0) is 41.4 Å². The summed E-state index contributed by atoms with van der Waals surface area (Å²) in [5.41, 5.74) is 8.98. The van der Waals surface area contributed by atoms with Crippen LogP contribution in [0.15, 0.2) is 28.9 Å². The van der Waals surface area contributed by atoms with Crippen LogP contribution in [-0.4, -0.2) is 35.1 Å². The summed E-state index contributed by atoms with van der Waals surface area (Å²) in [6, 6.07) is 6.14. The molecule has 0 fully saturated rings. The molecule has 3 aromatic rings. The molecule has 7 heteroatoms. The molecule has 0 unspecified atom stereocenters. The molecule has 2 aromatic heterocycles. The number of aromatic nitrogens is 3. The predicted molar refractivity (Wildman–Crippen MR) is 82.6 cm³/mol. The van der Waals surface area contributed by atoms with E-state index in [1.807, 2.05) is 18.3 Å². The molecular weight excluding hydrogens is 282 g/mol. The second-order valence-corrected chi connectivity index (χ2v) is 5.11. The monoisotopic (exact) mass is 299 g/mol. The largest absolute Gasteiger partial charge is 0.361 e. The molecular formula is C15H17N5O2. The van der Waals surface area contributed by atoms with Crippen LogP contribution in [0, 0.1) is 0 Å². The zero-order valence-electron chi connectivity index (χ0n) is 12.2. The number of benzene rings is 1. The normalized spacial score (nSPS) is 11.0. The van der Waals surface area contributed by atoms with Crippen molar-refractivity contribution in [2.45, 2.75) is 12.8 Å². The fourth-order valence-corrected chi connectivity index (χ4v) is 2.38. The number of aromatic amines is 1. The highest BCUT2D eigenvalue weighted by Gasteiger charge is 2.11. The molecule has 22 heavy (non-hydrogen) atoms. The third-order valence-electron chi connectivity index (χ3n) is 3.53. The maximum absolute atomic E-state index is 10.7. The number of hydrogen-bond donors (Lipinski definition) is 2. The highest BCUT2D eigenvalue weighted by molar-refractivity contribution is 5.84. The summed E-state index contributed by atoms with van der Waals surface area (Å²) in [4.78, 5) is 19.4. The topological polar surface area (TPSA) is 101 Å². The van der Waals surface area contributed by atoms with Crippen LogP contribution in [0.3, 0.4) is 0 Å². The maximum Gasteiger partial charge on any atom is 0.272 e. The highest BCUT2D eigenvalue weighted by Crippen LogP contribution is 2.21. The van der Waals surface area contributed by atoms with E-state index < -0.39 is 0 Å². The van der Waals surface area contributed by atoms with Gasteiger partial charge >= 0.3 is 0 Å². The Labute approximate surface area is 127 Å². The second-order valence-electron chi connectivity index (χ2n) is 5.11. The van der Waals surface area contributed by atoms with Gasteiger partial charge in [0.15, 0.2) is 0 Å². The fourth-order valence-electron chi connectivity index (χ4n) is 2.38. The Morgan fingerprint density at radius 2 is 2.32 bits per heavy atom. The fraction of sp³-hybridized carbons (Fsp3) is 0.267. The molecule has 3 N–H and O–H groups in total. The first-order chi connectivity index (χ1) is 10.7. The van der Waals surface area contributed by atoms with E-state index in [0.29, 0.717) is 25.3 Å². The number of carbonyl (C=O) groups is 1. The van der Waals surface area contributed by atoms with E-state index in [1.165, 1.54) is 10.5 Å². The number of hydrogen-bond acceptors (Lipinski definition) is 5. The summed E-state index contributed by atoms with van der Waals surface area (Å²) >= 11 is 0. The number of anilines is 1. The Morgan fingerprint density at radius 3 is 3.09 bits per heavy atom. The minimum Gasteiger partial charge on any atom is -0.361 e. The van der Waals surface area contributed by atoms with E-state index >= 15 is 0 Å². The number of H-pyrrole nitrogens is 1. The molecule has 7 nitrogen and oxygen atoms in total. The van der Waals surface area contributed by atoms with Gasteiger partial charge in [0.2, 0.25) is 12.3 Å². The maximum atomic E-state index is 10.7. The van der Waals surface area contributed by atoms with Crippen LogP contribution in [0.4, 0.5) is 5.95 Å². The van der Waals surface area contributed by atoms with Crippen LogP contribution >= 0.6 is 0 Å². The molecule has 114 valence electrons. The third kappa shape index (κ3) is 2.71. The van der Waals surface area contributed by atoms with Crippen LogP contribution in [0.2, 0.25) is 0 Å². The molecule has 0 saturated carbocycles. The molecule has 3 rings (SSSR count). The first-order valence-electron chi connectivity index (χ1n) is 7.01. The van der Waals surface area contributed by atoms with Gasteiger partial charge < -0.3 is 15.2 Å². The quantitative estimate of drug-likeness (QED) is 0.667. The zero-order valence-corrected chi connectivity index (χ0v) is 12.2. The summed E-state index contributed by atoms with van der Waals surface area (Å²) in [6.45, 7) is 0.613. The van der Waals surface area contributed by atoms with Gasteiger partial charge in [-0.2, -0.15) is 4.98 Å². The third-order valence-corrected chi connectivity index (χ3v) is 3.53. The molecule has 0 spiro atoms. The number of rotatable bonds is 6. The summed E-state index contributed by atoms with van der Waals surface area (Å²) < 4.78 is 5.17. The molecule has 0 aliphatic rings. The summed E-state index contributed by atoms with van der Waals surface area (Å²) in [5, 5.41) is 4.93. The van der Waals surface area contributed by atoms with E-state index in [1.54, 1.807) is 7.05 Å². The SMILES string of the molecule is CN(C=O)c1noc(Cc2ccc3[nH]cc(CCN)c3c2)n1. The van der Waals surface area contributed by atoms with Crippen LogP contribution in [-0.2, 0) is 17.6 Å². The zero-order chi connectivity index (χ0) is 15.5. The molecule has 0 aliphatic carbocycles. The summed E-state index contributed by atoms with van der Waals surface area (Å²) in [7, 11) is 1.58. The van der Waals surface area contributed by atoms with Crippen molar-refractivity contribution in [2.24, 2.45) is 5.73 Å². The highest BCUT2D eigenvalue weighted by atomic mass is 16.5. The predicted octanol–water partition coefficient (Wildman–Crippen LogP) is 1.24. The minimum atomic E-state index is 0.261. The summed E-state index contributed by atoms with van der Waals surface area (Å²) in [6.07, 6.45) is 3.98. The number of nitrogens with two attached hydrogens (primary N) is 1. The van der Waals surface area contributed by atoms with Gasteiger partial charge in [0, 0.05) is 24.1 Å². The Morgan fingerprint density at radius 1 is 1.45 bits per heavy atom. The Bertz CT molecular complexity index is 792. The lowest BCUT2D eigenvalue weighted by Gasteiger charge is -2.01. The molecule has 0 saturated heterocycles. The van der Waals surface area contributed by atoms with Gasteiger partial charge in [-0.15, -0.1) is 0 Å². The average molecular weight is 299 g/mol. The molecule has 0 bridgehead atoms. The molecule has 2 heterocycles. The lowest BCUT2D eigenvalue weighted by molar-refractivity contribution is -0.107. The molecule has 1 aromatic carbocycles. The molecule has 0 atom stereocenters. The van der Waals surface area contributed by atoms with Crippen molar-refractivity contribution in [3.05, 3.63) is 41.4 Å². The van der Waals surface area contributed by atoms with Crippen LogP contribution < -0.4 is 10.6 Å². The van der Waals surface area contributed by atoms with Crippen molar-refractivity contribution >= 4 is 23.3 Å². The second kappa shape index (κ2) is 5.98. The molecule has 1 amide bonds. The number of nitrogens with zero attached hydrogens (tertiary/aromatic N) is 3. The number of carbonyl (C=O) groups excluding carboxylic acids is 1. The minimum absolute atomic E-state index is 0.261. The Hall–Kier alpha value is -2.67. The van der Waals surface area contributed by atoms with E-state index in [0.717, 1.165) is 22.9 Å². The summed E-state index contributed by atoms with van der Waals surface area (Å²) in [5.74, 6) is 0.732. The first kappa shape index (κ1) is 14.3. The van der Waals surface area contributed by atoms with Crippen molar-refractivity contribution in [3.8, 4) is 0 Å². The molecule has 0 radical (unpaired) electrons. The first-order valence-corrected chi connectivity index (χ1v) is 7.01. The number of fused-ring (bicyclic) bond motifs is 1. The van der Waals surface area contributed by atoms with E-state index in [4.69, 9.17) is 10.3 Å². The standard InChI is InChI=1S/C15H17N5O2/c1-20(9-21)15-18-14(22-19-15)7-10-2-3-13-12(6-10)11(4-5-16)8-17-13/h2-3,6,8-9,17H,4-5,7,16H2,1H3. The Kier molecular flexibility index (Phi) is 3.88. The van der Waals surface area contributed by atoms with Gasteiger partial charge in [0.1, 0.15) is 0 Å².